The number of rotatable bonds is 3. The van der Waals surface area contributed by atoms with E-state index in [1.165, 1.54) is 48.7 Å². The molecule has 7 aromatic rings. The summed E-state index contributed by atoms with van der Waals surface area (Å²) in [5.74, 6) is 0. The fraction of sp³-hybridized carbons (Fsp3) is 0.0238. The maximum absolute atomic E-state index is 6.78. The van der Waals surface area contributed by atoms with Crippen molar-refractivity contribution in [3.8, 4) is 44.8 Å². The Kier molecular flexibility index (Phi) is 6.09. The smallest absolute Gasteiger partial charge is 0.0736 e. The predicted molar refractivity (Wildman–Crippen MR) is 187 cm³/mol. The molecule has 45 heavy (non-hydrogen) atoms. The molecule has 0 radical (unpaired) electrons. The van der Waals surface area contributed by atoms with Crippen molar-refractivity contribution in [1.82, 2.24) is 4.98 Å². The molecule has 0 bridgehead atoms. The van der Waals surface area contributed by atoms with Gasteiger partial charge in [0, 0.05) is 25.9 Å². The third kappa shape index (κ3) is 4.00. The van der Waals surface area contributed by atoms with E-state index in [1.54, 1.807) is 0 Å². The number of hydrogen-bond acceptors (Lipinski definition) is 2. The van der Waals surface area contributed by atoms with Crippen molar-refractivity contribution in [1.29, 1.82) is 0 Å². The summed E-state index contributed by atoms with van der Waals surface area (Å²) in [6, 6.07) is 56.4. The average Bonchev–Trinajstić information content (AvgIpc) is 3.40. The minimum absolute atomic E-state index is 0.497. The molecule has 6 aromatic carbocycles. The molecule has 0 saturated carbocycles. The molecule has 0 unspecified atom stereocenters. The third-order valence-corrected chi connectivity index (χ3v) is 10.7. The van der Waals surface area contributed by atoms with E-state index in [-0.39, 0.29) is 0 Å². The number of aromatic nitrogens is 1. The highest BCUT2D eigenvalue weighted by Gasteiger charge is 2.50. The first-order chi connectivity index (χ1) is 22.2. The Hall–Kier alpha value is -4.89. The van der Waals surface area contributed by atoms with Gasteiger partial charge in [-0.25, -0.2) is 4.98 Å². The van der Waals surface area contributed by atoms with Gasteiger partial charge in [0.05, 0.1) is 16.8 Å². The summed E-state index contributed by atoms with van der Waals surface area (Å²) in [5.41, 5.74) is 13.6. The summed E-state index contributed by atoms with van der Waals surface area (Å²) in [4.78, 5) is 7.79. The normalized spacial score (nSPS) is 13.5. The fourth-order valence-electron chi connectivity index (χ4n) is 7.32. The van der Waals surface area contributed by atoms with Crippen LogP contribution in [0.2, 0.25) is 5.02 Å². The monoisotopic (exact) mass is 611 g/mol. The predicted octanol–water partition coefficient (Wildman–Crippen LogP) is 11.6. The van der Waals surface area contributed by atoms with Crippen LogP contribution in [0.3, 0.4) is 0 Å². The average molecular weight is 612 g/mol. The Labute approximate surface area is 272 Å². The van der Waals surface area contributed by atoms with Crippen LogP contribution in [-0.2, 0) is 5.41 Å². The van der Waals surface area contributed by atoms with Crippen molar-refractivity contribution in [2.24, 2.45) is 0 Å². The zero-order valence-electron chi connectivity index (χ0n) is 24.2. The lowest BCUT2D eigenvalue weighted by molar-refractivity contribution is 0.723. The second-order valence-corrected chi connectivity index (χ2v) is 13.1. The van der Waals surface area contributed by atoms with Crippen LogP contribution in [0.25, 0.3) is 44.8 Å². The van der Waals surface area contributed by atoms with Gasteiger partial charge in [-0.05, 0) is 74.8 Å². The molecule has 0 fully saturated rings. The lowest BCUT2D eigenvalue weighted by Crippen LogP contribution is -2.32. The van der Waals surface area contributed by atoms with E-state index in [9.17, 15) is 0 Å². The van der Waals surface area contributed by atoms with E-state index >= 15 is 0 Å². The number of pyridine rings is 1. The summed E-state index contributed by atoms with van der Waals surface area (Å²) >= 11 is 8.61. The van der Waals surface area contributed by atoms with Crippen molar-refractivity contribution in [3.63, 3.8) is 0 Å². The molecule has 2 aliphatic rings. The maximum atomic E-state index is 6.78. The molecule has 3 heteroatoms. The summed E-state index contributed by atoms with van der Waals surface area (Å²) in [6.07, 6.45) is 0. The third-order valence-electron chi connectivity index (χ3n) is 9.21. The van der Waals surface area contributed by atoms with E-state index in [0.29, 0.717) is 0 Å². The molecule has 0 N–H and O–H groups in total. The van der Waals surface area contributed by atoms with Gasteiger partial charge in [-0.2, -0.15) is 0 Å². The molecule has 0 amide bonds. The lowest BCUT2D eigenvalue weighted by Gasteiger charge is -2.40. The molecule has 1 aliphatic carbocycles. The van der Waals surface area contributed by atoms with E-state index in [2.05, 4.69) is 152 Å². The quantitative estimate of drug-likeness (QED) is 0.197. The number of fused-ring (bicyclic) bond motifs is 9. The largest absolute Gasteiger partial charge is 0.248 e. The van der Waals surface area contributed by atoms with Crippen molar-refractivity contribution in [3.05, 3.63) is 185 Å². The molecule has 1 spiro atoms. The molecule has 9 rings (SSSR count). The Morgan fingerprint density at radius 1 is 0.444 bits per heavy atom. The molecular weight excluding hydrogens is 586 g/mol. The minimum Gasteiger partial charge on any atom is -0.248 e. The summed E-state index contributed by atoms with van der Waals surface area (Å²) in [6.45, 7) is 0. The second-order valence-electron chi connectivity index (χ2n) is 11.6. The van der Waals surface area contributed by atoms with Gasteiger partial charge in [-0.1, -0.05) is 151 Å². The van der Waals surface area contributed by atoms with Crippen LogP contribution in [0.1, 0.15) is 22.3 Å². The first-order valence-electron chi connectivity index (χ1n) is 15.2. The summed E-state index contributed by atoms with van der Waals surface area (Å²) in [5, 5.41) is 0.750. The summed E-state index contributed by atoms with van der Waals surface area (Å²) < 4.78 is 0. The van der Waals surface area contributed by atoms with Crippen LogP contribution in [-0.4, -0.2) is 4.98 Å². The van der Waals surface area contributed by atoms with Gasteiger partial charge in [0.25, 0.3) is 0 Å². The highest BCUT2D eigenvalue weighted by Crippen LogP contribution is 2.63. The number of benzene rings is 6. The Morgan fingerprint density at radius 2 is 1.02 bits per heavy atom. The summed E-state index contributed by atoms with van der Waals surface area (Å²) in [7, 11) is 0. The zero-order valence-corrected chi connectivity index (χ0v) is 25.8. The lowest BCUT2D eigenvalue weighted by atomic mass is 9.67. The van der Waals surface area contributed by atoms with Crippen molar-refractivity contribution >= 4 is 23.4 Å². The molecule has 0 saturated heterocycles. The highest BCUT2D eigenvalue weighted by atomic mass is 35.5. The van der Waals surface area contributed by atoms with E-state index in [0.717, 1.165) is 33.1 Å². The number of nitrogens with zero attached hydrogens (tertiary/aromatic N) is 1. The van der Waals surface area contributed by atoms with Crippen LogP contribution in [0.15, 0.2) is 168 Å². The van der Waals surface area contributed by atoms with Gasteiger partial charge >= 0.3 is 0 Å². The zero-order chi connectivity index (χ0) is 30.0. The van der Waals surface area contributed by atoms with E-state index in [4.69, 9.17) is 16.6 Å². The number of hydrogen-bond donors (Lipinski definition) is 0. The van der Waals surface area contributed by atoms with Gasteiger partial charge < -0.3 is 0 Å². The molecule has 1 nitrogen and oxygen atoms in total. The van der Waals surface area contributed by atoms with Crippen LogP contribution in [0.5, 0.6) is 0 Å². The topological polar surface area (TPSA) is 12.9 Å². The van der Waals surface area contributed by atoms with E-state index in [1.807, 2.05) is 17.8 Å². The van der Waals surface area contributed by atoms with Crippen LogP contribution >= 0.6 is 23.4 Å². The molecule has 1 aliphatic heterocycles. The fourth-order valence-corrected chi connectivity index (χ4v) is 8.79. The first-order valence-corrected chi connectivity index (χ1v) is 16.4. The van der Waals surface area contributed by atoms with Crippen molar-refractivity contribution in [2.45, 2.75) is 15.2 Å². The Balaban J connectivity index is 1.36. The molecule has 1 aromatic heterocycles. The van der Waals surface area contributed by atoms with Crippen molar-refractivity contribution < 1.29 is 0 Å². The van der Waals surface area contributed by atoms with Gasteiger partial charge in [-0.3, -0.25) is 0 Å². The first kappa shape index (κ1) is 26.5. The molecule has 0 atom stereocenters. The standard InChI is InChI=1S/C42H26ClNS/c43-30-22-23-40-37(26-30)42(34-19-9-7-16-31(34)32-17-8-10-20-35(32)42)36-21-11-18-33(41(36)45-40)39-25-29(27-12-3-1-4-13-27)24-38(44-39)28-14-5-2-6-15-28/h1-26H. The maximum Gasteiger partial charge on any atom is 0.0736 e. The Bertz CT molecular complexity index is 2150. The Morgan fingerprint density at radius 3 is 1.73 bits per heavy atom. The van der Waals surface area contributed by atoms with E-state index < -0.39 is 5.41 Å². The highest BCUT2D eigenvalue weighted by molar-refractivity contribution is 7.99. The minimum atomic E-state index is -0.497. The SMILES string of the molecule is Clc1ccc2c(c1)C1(c3ccccc3-c3ccccc31)c1cccc(-c3cc(-c4ccccc4)cc(-c4ccccc4)n3)c1S2. The molecule has 212 valence electrons. The van der Waals surface area contributed by atoms with Gasteiger partial charge in [-0.15, -0.1) is 0 Å². The van der Waals surface area contributed by atoms with Gasteiger partial charge in [0.2, 0.25) is 0 Å². The van der Waals surface area contributed by atoms with Gasteiger partial charge in [0.1, 0.15) is 0 Å². The number of halogens is 1. The van der Waals surface area contributed by atoms with Gasteiger partial charge in [0.15, 0.2) is 0 Å². The van der Waals surface area contributed by atoms with Crippen LogP contribution in [0.4, 0.5) is 0 Å². The second kappa shape index (κ2) is 10.3. The van der Waals surface area contributed by atoms with Crippen molar-refractivity contribution in [2.75, 3.05) is 0 Å². The van der Waals surface area contributed by atoms with Crippen LogP contribution in [0, 0.1) is 0 Å². The molecular formula is C42H26ClNS. The molecule has 2 heterocycles. The van der Waals surface area contributed by atoms with Crippen LogP contribution < -0.4 is 0 Å².